The lowest BCUT2D eigenvalue weighted by molar-refractivity contribution is 0.475. The van der Waals surface area contributed by atoms with Crippen LogP contribution in [0.25, 0.3) is 11.0 Å². The standard InChI is InChI=1S/C11H10O3.C6H6O3S/c1-6-7(2)11(13)14-10-4-3-8(12)5-9(6)10;7-10(8,9)6-4-2-1-3-5-6/h3-5,12H,1-2H3;1-5H,(H,7,8,9). The molecule has 7 heteroatoms. The van der Waals surface area contributed by atoms with Crippen LogP contribution >= 0.6 is 0 Å². The Hall–Kier alpha value is -2.64. The van der Waals surface area contributed by atoms with E-state index in [1.807, 2.05) is 6.92 Å². The first kappa shape index (κ1) is 17.7. The largest absolute Gasteiger partial charge is 0.508 e. The molecule has 24 heavy (non-hydrogen) atoms. The first-order chi connectivity index (χ1) is 11.2. The fourth-order valence-electron chi connectivity index (χ4n) is 2.02. The molecule has 0 saturated heterocycles. The van der Waals surface area contributed by atoms with Gasteiger partial charge in [0.25, 0.3) is 10.1 Å². The maximum absolute atomic E-state index is 11.3. The lowest BCUT2D eigenvalue weighted by Crippen LogP contribution is -2.05. The summed E-state index contributed by atoms with van der Waals surface area (Å²) < 4.78 is 34.3. The maximum atomic E-state index is 11.3. The molecule has 3 rings (SSSR count). The van der Waals surface area contributed by atoms with E-state index in [1.165, 1.54) is 18.2 Å². The number of fused-ring (bicyclic) bond motifs is 1. The van der Waals surface area contributed by atoms with Gasteiger partial charge in [-0.3, -0.25) is 4.55 Å². The fraction of sp³-hybridized carbons (Fsp3) is 0.118. The second-order valence-corrected chi connectivity index (χ2v) is 6.53. The molecule has 2 aromatic carbocycles. The normalized spacial score (nSPS) is 11.0. The van der Waals surface area contributed by atoms with Crippen LogP contribution < -0.4 is 5.63 Å². The zero-order valence-electron chi connectivity index (χ0n) is 13.1. The smallest absolute Gasteiger partial charge is 0.339 e. The third-order valence-electron chi connectivity index (χ3n) is 3.48. The first-order valence-electron chi connectivity index (χ1n) is 6.95. The fourth-order valence-corrected chi connectivity index (χ4v) is 2.53. The summed E-state index contributed by atoms with van der Waals surface area (Å²) in [6.07, 6.45) is 0. The summed E-state index contributed by atoms with van der Waals surface area (Å²) in [4.78, 5) is 11.2. The molecule has 0 bridgehead atoms. The molecule has 0 spiro atoms. The number of phenolic OH excluding ortho intramolecular Hbond substituents is 1. The van der Waals surface area contributed by atoms with Crippen LogP contribution in [-0.4, -0.2) is 18.1 Å². The Morgan fingerprint density at radius 2 is 1.58 bits per heavy atom. The molecule has 0 aliphatic rings. The van der Waals surface area contributed by atoms with Crippen molar-refractivity contribution < 1.29 is 22.5 Å². The van der Waals surface area contributed by atoms with Crippen LogP contribution in [0.5, 0.6) is 5.75 Å². The minimum Gasteiger partial charge on any atom is -0.508 e. The van der Waals surface area contributed by atoms with E-state index >= 15 is 0 Å². The summed E-state index contributed by atoms with van der Waals surface area (Å²) >= 11 is 0. The summed E-state index contributed by atoms with van der Waals surface area (Å²) in [5.41, 5.74) is 1.63. The van der Waals surface area contributed by atoms with Gasteiger partial charge in [0.1, 0.15) is 11.3 Å². The van der Waals surface area contributed by atoms with Crippen molar-refractivity contribution >= 4 is 21.1 Å². The van der Waals surface area contributed by atoms with Crippen molar-refractivity contribution in [2.24, 2.45) is 0 Å². The van der Waals surface area contributed by atoms with E-state index < -0.39 is 10.1 Å². The van der Waals surface area contributed by atoms with Crippen LogP contribution in [0.3, 0.4) is 0 Å². The number of phenols is 1. The van der Waals surface area contributed by atoms with Crippen LogP contribution in [-0.2, 0) is 10.1 Å². The number of hydrogen-bond acceptors (Lipinski definition) is 5. The SMILES string of the molecule is Cc1c(C)c2cc(O)ccc2oc1=O.O=S(=O)(O)c1ccccc1. The van der Waals surface area contributed by atoms with Gasteiger partial charge < -0.3 is 9.52 Å². The Labute approximate surface area is 138 Å². The molecule has 1 heterocycles. The third kappa shape index (κ3) is 4.01. The van der Waals surface area contributed by atoms with E-state index in [1.54, 1.807) is 37.3 Å². The minimum atomic E-state index is -4.00. The summed E-state index contributed by atoms with van der Waals surface area (Å²) in [5, 5.41) is 10.1. The quantitative estimate of drug-likeness (QED) is 0.517. The van der Waals surface area contributed by atoms with Crippen molar-refractivity contribution in [1.82, 2.24) is 0 Å². The molecule has 0 saturated carbocycles. The zero-order chi connectivity index (χ0) is 17.9. The summed E-state index contributed by atoms with van der Waals surface area (Å²) in [7, 11) is -4.00. The number of aryl methyl sites for hydroxylation is 1. The van der Waals surface area contributed by atoms with Crippen molar-refractivity contribution in [3.8, 4) is 5.75 Å². The Bertz CT molecular complexity index is 1020. The second kappa shape index (κ2) is 6.86. The Morgan fingerprint density at radius 1 is 0.958 bits per heavy atom. The molecule has 0 amide bonds. The van der Waals surface area contributed by atoms with Crippen LogP contribution in [0.15, 0.2) is 62.6 Å². The van der Waals surface area contributed by atoms with Gasteiger partial charge in [0, 0.05) is 10.9 Å². The van der Waals surface area contributed by atoms with Gasteiger partial charge >= 0.3 is 5.63 Å². The van der Waals surface area contributed by atoms with E-state index in [0.29, 0.717) is 11.1 Å². The Balaban J connectivity index is 0.000000185. The van der Waals surface area contributed by atoms with E-state index in [9.17, 15) is 18.3 Å². The molecule has 126 valence electrons. The van der Waals surface area contributed by atoms with Crippen LogP contribution in [0, 0.1) is 13.8 Å². The number of rotatable bonds is 1. The van der Waals surface area contributed by atoms with Gasteiger partial charge in [-0.15, -0.1) is 0 Å². The highest BCUT2D eigenvalue weighted by atomic mass is 32.2. The number of hydrogen-bond donors (Lipinski definition) is 2. The van der Waals surface area contributed by atoms with Crippen molar-refractivity contribution in [2.45, 2.75) is 18.7 Å². The highest BCUT2D eigenvalue weighted by Gasteiger charge is 2.07. The predicted molar refractivity (Wildman–Crippen MR) is 89.9 cm³/mol. The topological polar surface area (TPSA) is 105 Å². The lowest BCUT2D eigenvalue weighted by atomic mass is 10.1. The number of benzene rings is 2. The minimum absolute atomic E-state index is 0.0741. The molecule has 2 N–H and O–H groups in total. The van der Waals surface area contributed by atoms with Crippen LogP contribution in [0.4, 0.5) is 0 Å². The van der Waals surface area contributed by atoms with Gasteiger partial charge in [-0.25, -0.2) is 4.79 Å². The highest BCUT2D eigenvalue weighted by molar-refractivity contribution is 7.85. The molecule has 0 aliphatic carbocycles. The summed E-state index contributed by atoms with van der Waals surface area (Å²) in [6.45, 7) is 3.55. The zero-order valence-corrected chi connectivity index (χ0v) is 13.9. The van der Waals surface area contributed by atoms with Crippen LogP contribution in [0.2, 0.25) is 0 Å². The molecular formula is C17H16O6S. The van der Waals surface area contributed by atoms with E-state index in [-0.39, 0.29) is 16.3 Å². The highest BCUT2D eigenvalue weighted by Crippen LogP contribution is 2.22. The lowest BCUT2D eigenvalue weighted by Gasteiger charge is -2.03. The first-order valence-corrected chi connectivity index (χ1v) is 8.39. The maximum Gasteiger partial charge on any atom is 0.339 e. The monoisotopic (exact) mass is 348 g/mol. The van der Waals surface area contributed by atoms with E-state index in [0.717, 1.165) is 10.9 Å². The van der Waals surface area contributed by atoms with Crippen molar-refractivity contribution in [1.29, 1.82) is 0 Å². The average Bonchev–Trinajstić information content (AvgIpc) is 2.54. The summed E-state index contributed by atoms with van der Waals surface area (Å²) in [5.74, 6) is 0.175. The van der Waals surface area contributed by atoms with Crippen molar-refractivity contribution in [2.75, 3.05) is 0 Å². The number of aromatic hydroxyl groups is 1. The van der Waals surface area contributed by atoms with Crippen molar-refractivity contribution in [3.05, 3.63) is 70.1 Å². The third-order valence-corrected chi connectivity index (χ3v) is 4.35. The van der Waals surface area contributed by atoms with Crippen LogP contribution in [0.1, 0.15) is 11.1 Å². The molecule has 3 aromatic rings. The van der Waals surface area contributed by atoms with E-state index in [2.05, 4.69) is 0 Å². The van der Waals surface area contributed by atoms with Crippen molar-refractivity contribution in [3.63, 3.8) is 0 Å². The molecule has 6 nitrogen and oxygen atoms in total. The summed E-state index contributed by atoms with van der Waals surface area (Å²) in [6, 6.07) is 12.1. The predicted octanol–water partition coefficient (Wildman–Crippen LogP) is 3.05. The van der Waals surface area contributed by atoms with Gasteiger partial charge in [-0.05, 0) is 49.7 Å². The molecule has 0 unspecified atom stereocenters. The molecule has 0 aliphatic heterocycles. The molecule has 0 atom stereocenters. The molecule has 0 fully saturated rings. The molecular weight excluding hydrogens is 332 g/mol. The van der Waals surface area contributed by atoms with Gasteiger partial charge in [-0.2, -0.15) is 8.42 Å². The Morgan fingerprint density at radius 3 is 2.12 bits per heavy atom. The van der Waals surface area contributed by atoms with Gasteiger partial charge in [0.15, 0.2) is 0 Å². The van der Waals surface area contributed by atoms with Gasteiger partial charge in [0.05, 0.1) is 4.90 Å². The van der Waals surface area contributed by atoms with Gasteiger partial charge in [0.2, 0.25) is 0 Å². The van der Waals surface area contributed by atoms with E-state index in [4.69, 9.17) is 8.97 Å². The Kier molecular flexibility index (Phi) is 5.06. The molecule has 1 aromatic heterocycles. The van der Waals surface area contributed by atoms with Gasteiger partial charge in [-0.1, -0.05) is 18.2 Å². The average molecular weight is 348 g/mol. The second-order valence-electron chi connectivity index (χ2n) is 5.11. The molecule has 0 radical (unpaired) electrons.